The van der Waals surface area contributed by atoms with E-state index in [4.69, 9.17) is 4.74 Å². The molecule has 23 heavy (non-hydrogen) atoms. The Kier molecular flexibility index (Phi) is 4.35. The molecule has 0 amide bonds. The summed E-state index contributed by atoms with van der Waals surface area (Å²) in [6.07, 6.45) is 7.99. The zero-order valence-electron chi connectivity index (χ0n) is 14.5. The molecule has 3 rings (SSSR count). The minimum atomic E-state index is -0.297. The Balaban J connectivity index is 1.81. The average molecular weight is 317 g/mol. The first kappa shape index (κ1) is 16.3. The topological polar surface area (TPSA) is 59.2 Å². The second kappa shape index (κ2) is 6.14. The van der Waals surface area contributed by atoms with Crippen molar-refractivity contribution in [2.75, 3.05) is 0 Å². The number of fused-ring (bicyclic) bond motifs is 1. The van der Waals surface area contributed by atoms with Crippen LogP contribution in [0.4, 0.5) is 0 Å². The Bertz CT molecular complexity index is 619. The highest BCUT2D eigenvalue weighted by atomic mass is 16.5. The summed E-state index contributed by atoms with van der Waals surface area (Å²) < 4.78 is 5.72. The van der Waals surface area contributed by atoms with Crippen LogP contribution in [0.2, 0.25) is 0 Å². The fourth-order valence-electron chi connectivity index (χ4n) is 4.01. The van der Waals surface area contributed by atoms with Gasteiger partial charge in [-0.25, -0.2) is 4.79 Å². The predicted octanol–water partition coefficient (Wildman–Crippen LogP) is 4.36. The molecule has 1 aromatic heterocycles. The largest absolute Gasteiger partial charge is 0.458 e. The van der Waals surface area contributed by atoms with Crippen LogP contribution in [0.15, 0.2) is 0 Å². The van der Waals surface area contributed by atoms with Gasteiger partial charge >= 0.3 is 5.97 Å². The first-order valence-electron chi connectivity index (χ1n) is 8.83. The van der Waals surface area contributed by atoms with E-state index >= 15 is 0 Å². The minimum Gasteiger partial charge on any atom is -0.458 e. The summed E-state index contributed by atoms with van der Waals surface area (Å²) in [6.45, 7) is 6.04. The molecule has 2 aliphatic rings. The van der Waals surface area contributed by atoms with Crippen LogP contribution in [0.3, 0.4) is 0 Å². The number of esters is 1. The molecule has 1 heterocycles. The molecule has 1 saturated carbocycles. The van der Waals surface area contributed by atoms with Crippen molar-refractivity contribution in [3.05, 3.63) is 22.5 Å². The monoisotopic (exact) mass is 317 g/mol. The Labute approximate surface area is 138 Å². The van der Waals surface area contributed by atoms with Gasteiger partial charge in [-0.15, -0.1) is 0 Å². The lowest BCUT2D eigenvalue weighted by molar-refractivity contribution is 0.0260. The van der Waals surface area contributed by atoms with Crippen molar-refractivity contribution < 1.29 is 14.3 Å². The van der Waals surface area contributed by atoms with E-state index in [2.05, 4.69) is 18.8 Å². The minimum absolute atomic E-state index is 0.0249. The van der Waals surface area contributed by atoms with Gasteiger partial charge in [0.15, 0.2) is 5.78 Å². The number of carbonyl (C=O) groups excluding carboxylic acids is 2. The Morgan fingerprint density at radius 2 is 1.78 bits per heavy atom. The lowest BCUT2D eigenvalue weighted by atomic mass is 9.75. The van der Waals surface area contributed by atoms with E-state index in [0.29, 0.717) is 12.1 Å². The van der Waals surface area contributed by atoms with Gasteiger partial charge in [-0.1, -0.05) is 26.7 Å². The molecule has 0 spiro atoms. The number of H-pyrrole nitrogens is 1. The maximum absolute atomic E-state index is 12.6. The molecule has 1 aromatic rings. The molecule has 0 saturated heterocycles. The number of hydrogen-bond acceptors (Lipinski definition) is 3. The summed E-state index contributed by atoms with van der Waals surface area (Å²) in [5.41, 5.74) is 2.81. The molecule has 0 bridgehead atoms. The van der Waals surface area contributed by atoms with Crippen molar-refractivity contribution in [1.29, 1.82) is 0 Å². The van der Waals surface area contributed by atoms with Gasteiger partial charge in [0.25, 0.3) is 0 Å². The average Bonchev–Trinajstić information content (AvgIpc) is 2.62. The zero-order chi connectivity index (χ0) is 16.6. The Morgan fingerprint density at radius 3 is 2.43 bits per heavy atom. The maximum atomic E-state index is 12.6. The summed E-state index contributed by atoms with van der Waals surface area (Å²) >= 11 is 0. The third-order valence-corrected chi connectivity index (χ3v) is 5.18. The van der Waals surface area contributed by atoms with Gasteiger partial charge in [-0.3, -0.25) is 4.79 Å². The summed E-state index contributed by atoms with van der Waals surface area (Å²) in [6, 6.07) is 0. The Hall–Kier alpha value is -1.58. The number of ether oxygens (including phenoxy) is 1. The quantitative estimate of drug-likeness (QED) is 0.651. The first-order chi connectivity index (χ1) is 10.9. The summed E-state index contributed by atoms with van der Waals surface area (Å²) in [4.78, 5) is 28.2. The van der Waals surface area contributed by atoms with Crippen molar-refractivity contribution in [1.82, 2.24) is 4.98 Å². The van der Waals surface area contributed by atoms with Crippen molar-refractivity contribution in [3.8, 4) is 0 Å². The highest BCUT2D eigenvalue weighted by Crippen LogP contribution is 2.37. The van der Waals surface area contributed by atoms with E-state index in [9.17, 15) is 9.59 Å². The molecule has 0 unspecified atom stereocenters. The first-order valence-corrected chi connectivity index (χ1v) is 8.83. The fourth-order valence-corrected chi connectivity index (χ4v) is 4.01. The van der Waals surface area contributed by atoms with Gasteiger partial charge in [0, 0.05) is 17.7 Å². The number of hydrogen-bond donors (Lipinski definition) is 1. The predicted molar refractivity (Wildman–Crippen MR) is 88.9 cm³/mol. The third kappa shape index (κ3) is 3.36. The number of ketones is 1. The molecule has 2 aliphatic carbocycles. The van der Waals surface area contributed by atoms with E-state index in [0.717, 1.165) is 48.9 Å². The summed E-state index contributed by atoms with van der Waals surface area (Å²) in [5, 5.41) is 0. The normalized spacial score (nSPS) is 21.6. The van der Waals surface area contributed by atoms with Crippen LogP contribution in [-0.2, 0) is 11.2 Å². The van der Waals surface area contributed by atoms with Crippen molar-refractivity contribution in [2.45, 2.75) is 78.2 Å². The fraction of sp³-hybridized carbons (Fsp3) is 0.684. The van der Waals surface area contributed by atoms with Crippen molar-refractivity contribution in [2.24, 2.45) is 5.41 Å². The van der Waals surface area contributed by atoms with E-state index in [1.807, 2.05) is 6.92 Å². The highest BCUT2D eigenvalue weighted by molar-refractivity contribution is 6.03. The molecule has 1 fully saturated rings. The van der Waals surface area contributed by atoms with Gasteiger partial charge in [0.2, 0.25) is 0 Å². The second-order valence-corrected chi connectivity index (χ2v) is 7.94. The SMILES string of the molecule is Cc1c(C(=O)OC2CCCCCC2)[nH]c2c1C(=O)CC(C)(C)C2. The lowest BCUT2D eigenvalue weighted by Crippen LogP contribution is -2.26. The second-order valence-electron chi connectivity index (χ2n) is 7.94. The van der Waals surface area contributed by atoms with Crippen LogP contribution in [0.5, 0.6) is 0 Å². The molecule has 0 atom stereocenters. The zero-order valence-corrected chi connectivity index (χ0v) is 14.5. The molecule has 4 nitrogen and oxygen atoms in total. The van der Waals surface area contributed by atoms with E-state index in [-0.39, 0.29) is 23.3 Å². The van der Waals surface area contributed by atoms with E-state index in [1.54, 1.807) is 0 Å². The van der Waals surface area contributed by atoms with E-state index < -0.39 is 0 Å². The highest BCUT2D eigenvalue weighted by Gasteiger charge is 2.35. The van der Waals surface area contributed by atoms with Gasteiger partial charge in [-0.2, -0.15) is 0 Å². The van der Waals surface area contributed by atoms with Gasteiger partial charge < -0.3 is 9.72 Å². The Morgan fingerprint density at radius 1 is 1.13 bits per heavy atom. The molecule has 1 N–H and O–H groups in total. The number of nitrogens with one attached hydrogen (secondary N) is 1. The van der Waals surface area contributed by atoms with Crippen LogP contribution in [-0.4, -0.2) is 22.8 Å². The molecule has 126 valence electrons. The van der Waals surface area contributed by atoms with Crippen molar-refractivity contribution in [3.63, 3.8) is 0 Å². The molecule has 4 heteroatoms. The number of aromatic amines is 1. The van der Waals surface area contributed by atoms with E-state index in [1.165, 1.54) is 12.8 Å². The maximum Gasteiger partial charge on any atom is 0.355 e. The number of Topliss-reactive ketones (excluding diaryl/α,β-unsaturated/α-hetero) is 1. The number of aromatic nitrogens is 1. The van der Waals surface area contributed by atoms with Crippen molar-refractivity contribution >= 4 is 11.8 Å². The number of carbonyl (C=O) groups is 2. The lowest BCUT2D eigenvalue weighted by Gasteiger charge is -2.28. The van der Waals surface area contributed by atoms with Crippen LogP contribution in [0, 0.1) is 12.3 Å². The van der Waals surface area contributed by atoms with Crippen LogP contribution in [0.1, 0.15) is 90.9 Å². The molecular weight excluding hydrogens is 290 g/mol. The molecule has 0 aliphatic heterocycles. The van der Waals surface area contributed by atoms with Gasteiger partial charge in [0.05, 0.1) is 0 Å². The molecule has 0 aromatic carbocycles. The van der Waals surface area contributed by atoms with Crippen LogP contribution in [0.25, 0.3) is 0 Å². The van der Waals surface area contributed by atoms with Gasteiger partial charge in [0.1, 0.15) is 11.8 Å². The molecular formula is C19H27NO3. The summed E-state index contributed by atoms with van der Waals surface area (Å²) in [7, 11) is 0. The molecule has 0 radical (unpaired) electrons. The van der Waals surface area contributed by atoms with Gasteiger partial charge in [-0.05, 0) is 50.0 Å². The summed E-state index contributed by atoms with van der Waals surface area (Å²) in [5.74, 6) is -0.159. The third-order valence-electron chi connectivity index (χ3n) is 5.18. The number of rotatable bonds is 2. The smallest absolute Gasteiger partial charge is 0.355 e. The van der Waals surface area contributed by atoms with Crippen LogP contribution >= 0.6 is 0 Å². The standard InChI is InChI=1S/C19H27NO3/c1-12-16-14(10-19(2,3)11-15(16)21)20-17(12)18(22)23-13-8-6-4-5-7-9-13/h13,20H,4-11H2,1-3H3. The van der Waals surface area contributed by atoms with Crippen LogP contribution < -0.4 is 0 Å².